The van der Waals surface area contributed by atoms with Crippen LogP contribution in [0, 0.1) is 12.8 Å². The van der Waals surface area contributed by atoms with Gasteiger partial charge in [-0.2, -0.15) is 0 Å². The number of hydrogen-bond acceptors (Lipinski definition) is 1. The minimum absolute atomic E-state index is 0.370. The number of aromatic nitrogens is 1. The fourth-order valence-corrected chi connectivity index (χ4v) is 5.91. The molecule has 0 aliphatic carbocycles. The Labute approximate surface area is 136 Å². The zero-order valence-electron chi connectivity index (χ0n) is 16.7. The van der Waals surface area contributed by atoms with Crippen molar-refractivity contribution in [3.8, 4) is 11.3 Å². The second kappa shape index (κ2) is 6.35. The van der Waals surface area contributed by atoms with Gasteiger partial charge in [0.15, 0.2) is 0 Å². The van der Waals surface area contributed by atoms with Gasteiger partial charge in [-0.1, -0.05) is 0 Å². The first-order valence-electron chi connectivity index (χ1n) is 9.09. The van der Waals surface area contributed by atoms with Crippen molar-refractivity contribution in [3.63, 3.8) is 0 Å². The van der Waals surface area contributed by atoms with Crippen LogP contribution in [-0.2, 0) is 6.42 Å². The fraction of sp³-hybridized carbons (Fsp3) is 0.421. The molecule has 0 atom stereocenters. The van der Waals surface area contributed by atoms with Crippen molar-refractivity contribution < 1.29 is 4.11 Å². The maximum absolute atomic E-state index is 7.48. The first kappa shape index (κ1) is 12.5. The standard InChI is InChI=1S/C19H27GeN/c1-14(2)11-17-12-19(16-9-7-15(3)8-10-16)21-13-18(17)20(4,5)6/h7-10,12-14H,11H2,1-6H3/i3D3. The van der Waals surface area contributed by atoms with Crippen LogP contribution in [0.5, 0.6) is 0 Å². The van der Waals surface area contributed by atoms with E-state index < -0.39 is 20.1 Å². The van der Waals surface area contributed by atoms with Crippen LogP contribution in [0.25, 0.3) is 11.3 Å². The van der Waals surface area contributed by atoms with Crippen molar-refractivity contribution >= 4 is 17.7 Å². The van der Waals surface area contributed by atoms with Crippen molar-refractivity contribution in [2.24, 2.45) is 5.92 Å². The molecule has 1 aromatic heterocycles. The van der Waals surface area contributed by atoms with E-state index in [0.717, 1.165) is 17.7 Å². The van der Waals surface area contributed by atoms with E-state index in [2.05, 4.69) is 48.4 Å². The van der Waals surface area contributed by atoms with Gasteiger partial charge in [-0.05, 0) is 0 Å². The molecular formula is C19H27GeN. The number of aryl methyl sites for hydroxylation is 1. The van der Waals surface area contributed by atoms with Gasteiger partial charge in [-0.3, -0.25) is 0 Å². The van der Waals surface area contributed by atoms with Gasteiger partial charge in [-0.25, -0.2) is 0 Å². The van der Waals surface area contributed by atoms with Gasteiger partial charge < -0.3 is 0 Å². The molecule has 0 N–H and O–H groups in total. The van der Waals surface area contributed by atoms with E-state index in [1.54, 1.807) is 12.1 Å². The van der Waals surface area contributed by atoms with Crippen molar-refractivity contribution in [1.29, 1.82) is 0 Å². The Morgan fingerprint density at radius 2 is 1.81 bits per heavy atom. The normalized spacial score (nSPS) is 14.7. The van der Waals surface area contributed by atoms with E-state index in [4.69, 9.17) is 4.11 Å². The Morgan fingerprint density at radius 3 is 2.33 bits per heavy atom. The van der Waals surface area contributed by atoms with Crippen LogP contribution >= 0.6 is 0 Å². The summed E-state index contributed by atoms with van der Waals surface area (Å²) >= 11 is -1.96. The Hall–Kier alpha value is -1.09. The molecule has 1 heterocycles. The molecule has 0 spiro atoms. The maximum atomic E-state index is 7.48. The quantitative estimate of drug-likeness (QED) is 0.726. The molecule has 2 rings (SSSR count). The monoisotopic (exact) mass is 346 g/mol. The first-order valence-corrected chi connectivity index (χ1v) is 14.9. The summed E-state index contributed by atoms with van der Waals surface area (Å²) < 4.78 is 23.9. The molecule has 0 aliphatic heterocycles. The van der Waals surface area contributed by atoms with Gasteiger partial charge in [0.2, 0.25) is 0 Å². The predicted molar refractivity (Wildman–Crippen MR) is 95.9 cm³/mol. The average molecular weight is 345 g/mol. The van der Waals surface area contributed by atoms with Gasteiger partial charge in [0.1, 0.15) is 0 Å². The summed E-state index contributed by atoms with van der Waals surface area (Å²) in [5, 5.41) is 0. The molecule has 0 saturated heterocycles. The molecule has 1 nitrogen and oxygen atoms in total. The van der Waals surface area contributed by atoms with Crippen LogP contribution in [0.1, 0.15) is 29.1 Å². The third-order valence-corrected chi connectivity index (χ3v) is 7.94. The summed E-state index contributed by atoms with van der Waals surface area (Å²) in [5.74, 6) is 7.78. The van der Waals surface area contributed by atoms with Gasteiger partial charge in [0, 0.05) is 0 Å². The van der Waals surface area contributed by atoms with Crippen LogP contribution < -0.4 is 4.40 Å². The van der Waals surface area contributed by atoms with Crippen molar-refractivity contribution in [2.75, 3.05) is 0 Å². The summed E-state index contributed by atoms with van der Waals surface area (Å²) in [6.07, 6.45) is 3.12. The summed E-state index contributed by atoms with van der Waals surface area (Å²) in [6.45, 7) is 2.42. The van der Waals surface area contributed by atoms with E-state index in [1.165, 1.54) is 9.96 Å². The molecule has 1 aromatic carbocycles. The van der Waals surface area contributed by atoms with E-state index in [9.17, 15) is 0 Å². The topological polar surface area (TPSA) is 12.9 Å². The molecular weight excluding hydrogens is 315 g/mol. The molecule has 0 amide bonds. The average Bonchev–Trinajstić information content (AvgIpc) is 2.44. The fourth-order valence-electron chi connectivity index (χ4n) is 2.58. The van der Waals surface area contributed by atoms with E-state index in [0.29, 0.717) is 11.5 Å². The minimum atomic E-state index is -2.06. The van der Waals surface area contributed by atoms with Crippen LogP contribution in [0.3, 0.4) is 0 Å². The SMILES string of the molecule is [2H]C([2H])([2H])c1ccc(-c2cc(CC(C)C)[c]([Ge]([CH3])([CH3])[CH3])cn2)cc1. The molecule has 0 unspecified atom stereocenters. The van der Waals surface area contributed by atoms with Gasteiger partial charge in [0.25, 0.3) is 0 Å². The Bertz CT molecular complexity index is 698. The van der Waals surface area contributed by atoms with Gasteiger partial charge in [-0.15, -0.1) is 0 Å². The molecule has 2 heteroatoms. The second-order valence-corrected chi connectivity index (χ2v) is 17.7. The van der Waals surface area contributed by atoms with Crippen LogP contribution in [0.15, 0.2) is 36.5 Å². The Balaban J connectivity index is 2.44. The zero-order valence-corrected chi connectivity index (χ0v) is 15.8. The Morgan fingerprint density at radius 1 is 1.14 bits per heavy atom. The zero-order chi connectivity index (χ0) is 18.1. The number of nitrogens with zero attached hydrogens (tertiary/aromatic N) is 1. The molecule has 2 aromatic rings. The molecule has 0 fully saturated rings. The molecule has 0 bridgehead atoms. The number of pyridine rings is 1. The third-order valence-electron chi connectivity index (χ3n) is 3.61. The Kier molecular flexibility index (Phi) is 3.77. The number of benzene rings is 1. The third kappa shape index (κ3) is 4.19. The van der Waals surface area contributed by atoms with E-state index in [-0.39, 0.29) is 0 Å². The summed E-state index contributed by atoms with van der Waals surface area (Å²) in [7, 11) is 0. The summed E-state index contributed by atoms with van der Waals surface area (Å²) in [6, 6.07) is 9.29. The van der Waals surface area contributed by atoms with E-state index >= 15 is 0 Å². The molecule has 0 radical (unpaired) electrons. The molecule has 0 saturated carbocycles. The first-order chi connectivity index (χ1) is 11.0. The van der Waals surface area contributed by atoms with Crippen molar-refractivity contribution in [2.45, 2.75) is 44.4 Å². The van der Waals surface area contributed by atoms with Gasteiger partial charge in [0.05, 0.1) is 0 Å². The number of hydrogen-bond donors (Lipinski definition) is 0. The summed E-state index contributed by atoms with van der Waals surface area (Å²) in [5.41, 5.74) is 3.68. The van der Waals surface area contributed by atoms with Crippen LogP contribution in [-0.4, -0.2) is 18.3 Å². The van der Waals surface area contributed by atoms with E-state index in [1.807, 2.05) is 12.1 Å². The van der Waals surface area contributed by atoms with Gasteiger partial charge >= 0.3 is 136 Å². The van der Waals surface area contributed by atoms with Crippen molar-refractivity contribution in [1.82, 2.24) is 4.98 Å². The van der Waals surface area contributed by atoms with Crippen LogP contribution in [0.4, 0.5) is 0 Å². The number of rotatable bonds is 4. The molecule has 112 valence electrons. The summed E-state index contributed by atoms with van der Waals surface area (Å²) in [4.78, 5) is 4.68. The van der Waals surface area contributed by atoms with Crippen LogP contribution in [0.2, 0.25) is 17.3 Å². The molecule has 21 heavy (non-hydrogen) atoms. The molecule has 0 aliphatic rings. The predicted octanol–water partition coefficient (Wildman–Crippen LogP) is 4.80. The van der Waals surface area contributed by atoms with Crippen molar-refractivity contribution in [3.05, 3.63) is 47.7 Å². The second-order valence-electron chi connectivity index (χ2n) is 7.15.